The first-order chi connectivity index (χ1) is 9.90. The number of nitrogens with zero attached hydrogens (tertiary/aromatic N) is 1. The largest absolute Gasteiger partial charge is 0.399 e. The van der Waals surface area contributed by atoms with E-state index < -0.39 is 10.0 Å². The molecule has 5 N–H and O–H groups in total. The number of sulfonamides is 1. The summed E-state index contributed by atoms with van der Waals surface area (Å²) in [5.41, 5.74) is 6.88. The number of nitrogen functional groups attached to an aromatic ring is 1. The van der Waals surface area contributed by atoms with Gasteiger partial charge in [0.25, 0.3) is 0 Å². The molecule has 1 aliphatic heterocycles. The van der Waals surface area contributed by atoms with Crippen LogP contribution in [0.25, 0.3) is 0 Å². The molecule has 1 fully saturated rings. The molecule has 0 radical (unpaired) electrons. The van der Waals surface area contributed by atoms with E-state index in [-0.39, 0.29) is 17.6 Å². The number of ether oxygens (including phenoxy) is 1. The van der Waals surface area contributed by atoms with Crippen LogP contribution in [0.15, 0.2) is 23.1 Å². The number of hydrogen-bond acceptors (Lipinski definition) is 6. The number of piperidine rings is 1. The van der Waals surface area contributed by atoms with Crippen molar-refractivity contribution < 1.29 is 18.3 Å². The minimum atomic E-state index is -3.77. The molecule has 8 heteroatoms. The topological polar surface area (TPSA) is 119 Å². The quantitative estimate of drug-likeness (QED) is 0.653. The Balaban J connectivity index is 2.08. The lowest BCUT2D eigenvalue weighted by Gasteiger charge is -2.33. The third-order valence-corrected chi connectivity index (χ3v) is 4.39. The second-order valence-electron chi connectivity index (χ2n) is 5.09. The Labute approximate surface area is 124 Å². The zero-order valence-electron chi connectivity index (χ0n) is 11.7. The lowest BCUT2D eigenvalue weighted by atomic mass is 10.1. The highest BCUT2D eigenvalue weighted by molar-refractivity contribution is 7.89. The number of hydrogen-bond donors (Lipinski definition) is 3. The van der Waals surface area contributed by atoms with Gasteiger partial charge in [-0.15, -0.1) is 0 Å². The molecule has 2 rings (SSSR count). The molecule has 0 saturated carbocycles. The Morgan fingerprint density at radius 1 is 1.29 bits per heavy atom. The minimum absolute atomic E-state index is 0.0210. The number of primary sulfonamides is 1. The van der Waals surface area contributed by atoms with E-state index in [1.54, 1.807) is 12.1 Å². The van der Waals surface area contributed by atoms with Gasteiger partial charge in [0.2, 0.25) is 10.0 Å². The van der Waals surface area contributed by atoms with Crippen molar-refractivity contribution in [1.82, 2.24) is 0 Å². The van der Waals surface area contributed by atoms with Crippen LogP contribution >= 0.6 is 0 Å². The monoisotopic (exact) mass is 315 g/mol. The summed E-state index contributed by atoms with van der Waals surface area (Å²) in [6.07, 6.45) is 1.77. The standard InChI is InChI=1S/C13H21N3O4S/c14-10-7-11(9-13(8-10)21(15,18)19)16-3-1-12(2-4-16)20-6-5-17/h7-9,12,17H,1-6,14H2,(H2,15,18,19). The summed E-state index contributed by atoms with van der Waals surface area (Å²) in [6, 6.07) is 4.64. The highest BCUT2D eigenvalue weighted by Gasteiger charge is 2.21. The van der Waals surface area contributed by atoms with Crippen molar-refractivity contribution in [3.63, 3.8) is 0 Å². The molecule has 7 nitrogen and oxygen atoms in total. The Hall–Kier alpha value is -1.35. The molecule has 0 amide bonds. The summed E-state index contributed by atoms with van der Waals surface area (Å²) in [5, 5.41) is 13.9. The number of benzene rings is 1. The summed E-state index contributed by atoms with van der Waals surface area (Å²) >= 11 is 0. The number of nitrogens with two attached hydrogens (primary N) is 2. The van der Waals surface area contributed by atoms with E-state index in [2.05, 4.69) is 4.90 Å². The smallest absolute Gasteiger partial charge is 0.238 e. The number of aliphatic hydroxyl groups excluding tert-OH is 1. The van der Waals surface area contributed by atoms with Crippen molar-refractivity contribution in [2.24, 2.45) is 5.14 Å². The first-order valence-corrected chi connectivity index (χ1v) is 8.35. The molecule has 0 atom stereocenters. The van der Waals surface area contributed by atoms with Crippen LogP contribution in [0.3, 0.4) is 0 Å². The van der Waals surface area contributed by atoms with Gasteiger partial charge in [-0.3, -0.25) is 0 Å². The SMILES string of the molecule is Nc1cc(N2CCC(OCCO)CC2)cc(S(N)(=O)=O)c1. The van der Waals surface area contributed by atoms with Crippen LogP contribution in [0.5, 0.6) is 0 Å². The lowest BCUT2D eigenvalue weighted by Crippen LogP contribution is -2.37. The van der Waals surface area contributed by atoms with Gasteiger partial charge >= 0.3 is 0 Å². The molecule has 0 spiro atoms. The molecule has 1 aromatic carbocycles. The van der Waals surface area contributed by atoms with E-state index in [9.17, 15) is 8.42 Å². The lowest BCUT2D eigenvalue weighted by molar-refractivity contribution is 0.0159. The van der Waals surface area contributed by atoms with Crippen LogP contribution in [0, 0.1) is 0 Å². The van der Waals surface area contributed by atoms with Crippen LogP contribution < -0.4 is 15.8 Å². The van der Waals surface area contributed by atoms with Crippen molar-refractivity contribution in [2.45, 2.75) is 23.8 Å². The predicted octanol–water partition coefficient (Wildman–Crippen LogP) is -0.106. The summed E-state index contributed by atoms with van der Waals surface area (Å²) < 4.78 is 28.4. The fourth-order valence-corrected chi connectivity index (χ4v) is 3.04. The second kappa shape index (κ2) is 6.61. The molecule has 1 aromatic rings. The molecule has 0 bridgehead atoms. The van der Waals surface area contributed by atoms with Gasteiger partial charge in [0.05, 0.1) is 24.2 Å². The van der Waals surface area contributed by atoms with Crippen LogP contribution in [0.2, 0.25) is 0 Å². The van der Waals surface area contributed by atoms with Gasteiger partial charge in [-0.2, -0.15) is 0 Å². The van der Waals surface area contributed by atoms with Crippen LogP contribution in [0.1, 0.15) is 12.8 Å². The van der Waals surface area contributed by atoms with Crippen molar-refractivity contribution in [2.75, 3.05) is 36.9 Å². The van der Waals surface area contributed by atoms with E-state index >= 15 is 0 Å². The van der Waals surface area contributed by atoms with Gasteiger partial charge in [0.1, 0.15) is 0 Å². The van der Waals surface area contributed by atoms with Gasteiger partial charge in [0, 0.05) is 24.5 Å². The average molecular weight is 315 g/mol. The maximum atomic E-state index is 11.5. The average Bonchev–Trinajstić information content (AvgIpc) is 2.44. The fourth-order valence-electron chi connectivity index (χ4n) is 2.45. The van der Waals surface area contributed by atoms with Crippen molar-refractivity contribution in [1.29, 1.82) is 0 Å². The zero-order valence-corrected chi connectivity index (χ0v) is 12.6. The Kier molecular flexibility index (Phi) is 5.04. The summed E-state index contributed by atoms with van der Waals surface area (Å²) in [6.45, 7) is 1.85. The van der Waals surface area contributed by atoms with Crippen molar-refractivity contribution in [3.05, 3.63) is 18.2 Å². The van der Waals surface area contributed by atoms with Gasteiger partial charge in [-0.25, -0.2) is 13.6 Å². The van der Waals surface area contributed by atoms with Crippen LogP contribution in [-0.4, -0.2) is 45.9 Å². The van der Waals surface area contributed by atoms with Crippen LogP contribution in [0.4, 0.5) is 11.4 Å². The second-order valence-corrected chi connectivity index (χ2v) is 6.65. The highest BCUT2D eigenvalue weighted by atomic mass is 32.2. The Bertz CT molecular complexity index is 583. The van der Waals surface area contributed by atoms with Gasteiger partial charge < -0.3 is 20.5 Å². The number of rotatable bonds is 5. The van der Waals surface area contributed by atoms with E-state index in [4.69, 9.17) is 20.7 Å². The third-order valence-electron chi connectivity index (χ3n) is 3.49. The summed E-state index contributed by atoms with van der Waals surface area (Å²) in [4.78, 5) is 2.08. The highest BCUT2D eigenvalue weighted by Crippen LogP contribution is 2.26. The minimum Gasteiger partial charge on any atom is -0.399 e. The molecule has 1 aliphatic rings. The molecule has 21 heavy (non-hydrogen) atoms. The van der Waals surface area contributed by atoms with Crippen molar-refractivity contribution >= 4 is 21.4 Å². The van der Waals surface area contributed by atoms with Crippen molar-refractivity contribution in [3.8, 4) is 0 Å². The Morgan fingerprint density at radius 3 is 2.52 bits per heavy atom. The molecular weight excluding hydrogens is 294 g/mol. The zero-order chi connectivity index (χ0) is 15.5. The fraction of sp³-hybridized carbons (Fsp3) is 0.538. The van der Waals surface area contributed by atoms with Gasteiger partial charge in [-0.1, -0.05) is 0 Å². The first-order valence-electron chi connectivity index (χ1n) is 6.81. The van der Waals surface area contributed by atoms with E-state index in [0.29, 0.717) is 12.3 Å². The molecule has 0 aromatic heterocycles. The molecule has 118 valence electrons. The molecule has 0 unspecified atom stereocenters. The van der Waals surface area contributed by atoms with Crippen LogP contribution in [-0.2, 0) is 14.8 Å². The predicted molar refractivity (Wildman–Crippen MR) is 80.5 cm³/mol. The van der Waals surface area contributed by atoms with Gasteiger partial charge in [-0.05, 0) is 31.0 Å². The summed E-state index contributed by atoms with van der Waals surface area (Å²) in [5.74, 6) is 0. The molecule has 0 aliphatic carbocycles. The molecule has 1 heterocycles. The number of anilines is 2. The normalized spacial score (nSPS) is 17.1. The van der Waals surface area contributed by atoms with E-state index in [0.717, 1.165) is 31.6 Å². The molecular formula is C13H21N3O4S. The van der Waals surface area contributed by atoms with E-state index in [1.165, 1.54) is 6.07 Å². The number of aliphatic hydroxyl groups is 1. The third kappa shape index (κ3) is 4.31. The summed E-state index contributed by atoms with van der Waals surface area (Å²) in [7, 11) is -3.77. The maximum Gasteiger partial charge on any atom is 0.238 e. The van der Waals surface area contributed by atoms with Gasteiger partial charge in [0.15, 0.2) is 0 Å². The first kappa shape index (κ1) is 16.0. The van der Waals surface area contributed by atoms with E-state index in [1.807, 2.05) is 0 Å². The molecule has 1 saturated heterocycles. The maximum absolute atomic E-state index is 11.5. The Morgan fingerprint density at radius 2 is 1.95 bits per heavy atom.